The van der Waals surface area contributed by atoms with Gasteiger partial charge in [0.15, 0.2) is 0 Å². The predicted molar refractivity (Wildman–Crippen MR) is 30.0 cm³/mol. The van der Waals surface area contributed by atoms with Crippen LogP contribution in [0.15, 0.2) is 17.3 Å². The maximum atomic E-state index is 9.59. The van der Waals surface area contributed by atoms with E-state index < -0.39 is 0 Å². The molecule has 1 fully saturated rings. The molecule has 2 heteroatoms. The summed E-state index contributed by atoms with van der Waals surface area (Å²) in [5.41, 5.74) is 0.694. The number of nitrogens with zero attached hydrogens (tertiary/aromatic N) is 1. The largest absolute Gasteiger partial charge is 0.240 e. The van der Waals surface area contributed by atoms with Gasteiger partial charge in [-0.25, -0.2) is 4.79 Å². The highest BCUT2D eigenvalue weighted by molar-refractivity contribution is 5.37. The van der Waals surface area contributed by atoms with E-state index in [1.807, 2.05) is 0 Å². The molecular formula is C6H7NO. The Balaban J connectivity index is 2.44. The molecule has 8 heavy (non-hydrogen) atoms. The topological polar surface area (TPSA) is 29.4 Å². The van der Waals surface area contributed by atoms with Crippen LogP contribution in [0.2, 0.25) is 0 Å². The van der Waals surface area contributed by atoms with Gasteiger partial charge in [0.1, 0.15) is 0 Å². The summed E-state index contributed by atoms with van der Waals surface area (Å²) in [7, 11) is 0. The Bertz CT molecular complexity index is 152. The van der Waals surface area contributed by atoms with Crippen molar-refractivity contribution in [3.8, 4) is 0 Å². The molecule has 0 aromatic carbocycles. The summed E-state index contributed by atoms with van der Waals surface area (Å²) >= 11 is 0. The molecule has 0 saturated heterocycles. The minimum absolute atomic E-state index is 0.497. The summed E-state index contributed by atoms with van der Waals surface area (Å²) in [6.07, 6.45) is 3.75. The molecule has 0 N–H and O–H groups in total. The fourth-order valence-corrected chi connectivity index (χ4v) is 0.566. The fourth-order valence-electron chi connectivity index (χ4n) is 0.566. The molecular weight excluding hydrogens is 102 g/mol. The van der Waals surface area contributed by atoms with Crippen molar-refractivity contribution in [2.45, 2.75) is 12.8 Å². The highest BCUT2D eigenvalue weighted by atomic mass is 16.1. The lowest BCUT2D eigenvalue weighted by Crippen LogP contribution is -1.74. The van der Waals surface area contributed by atoms with Gasteiger partial charge in [-0.2, -0.15) is 4.99 Å². The van der Waals surface area contributed by atoms with Crippen LogP contribution in [0.1, 0.15) is 12.8 Å². The Hall–Kier alpha value is -0.880. The van der Waals surface area contributed by atoms with Gasteiger partial charge in [0, 0.05) is 11.6 Å². The van der Waals surface area contributed by atoms with Crippen molar-refractivity contribution in [1.82, 2.24) is 0 Å². The summed E-state index contributed by atoms with van der Waals surface area (Å²) in [5.74, 6) is 0.497. The number of carbonyl (C=O) groups excluding carboxylic acids is 1. The molecule has 0 unspecified atom stereocenters. The fraction of sp³-hybridized carbons (Fsp3) is 0.500. The molecule has 1 aliphatic carbocycles. The van der Waals surface area contributed by atoms with Gasteiger partial charge in [-0.05, 0) is 12.8 Å². The van der Waals surface area contributed by atoms with Gasteiger partial charge in [0.2, 0.25) is 6.08 Å². The average molecular weight is 109 g/mol. The first-order valence-electron chi connectivity index (χ1n) is 2.61. The molecule has 0 radical (unpaired) electrons. The second-order valence-electron chi connectivity index (χ2n) is 1.97. The molecule has 0 bridgehead atoms. The van der Waals surface area contributed by atoms with Crippen molar-refractivity contribution in [1.29, 1.82) is 0 Å². The third-order valence-corrected chi connectivity index (χ3v) is 1.24. The van der Waals surface area contributed by atoms with Gasteiger partial charge in [0.05, 0.1) is 0 Å². The maximum absolute atomic E-state index is 9.59. The van der Waals surface area contributed by atoms with Gasteiger partial charge in [-0.15, -0.1) is 0 Å². The van der Waals surface area contributed by atoms with E-state index in [1.54, 1.807) is 0 Å². The van der Waals surface area contributed by atoms with E-state index in [2.05, 4.69) is 11.6 Å². The third-order valence-electron chi connectivity index (χ3n) is 1.24. The van der Waals surface area contributed by atoms with Gasteiger partial charge >= 0.3 is 0 Å². The molecule has 0 spiro atoms. The number of hydrogen-bond donors (Lipinski definition) is 0. The highest BCUT2D eigenvalue weighted by Crippen LogP contribution is 2.35. The first kappa shape index (κ1) is 5.26. The molecule has 1 aliphatic rings. The van der Waals surface area contributed by atoms with Crippen molar-refractivity contribution in [3.05, 3.63) is 12.3 Å². The van der Waals surface area contributed by atoms with Crippen molar-refractivity contribution >= 4 is 6.08 Å². The predicted octanol–water partition coefficient (Wildman–Crippen LogP) is 1.25. The summed E-state index contributed by atoms with van der Waals surface area (Å²) < 4.78 is 0. The average Bonchev–Trinajstić information content (AvgIpc) is 2.45. The first-order chi connectivity index (χ1) is 3.84. The van der Waals surface area contributed by atoms with Crippen LogP contribution in [-0.4, -0.2) is 6.08 Å². The zero-order valence-corrected chi connectivity index (χ0v) is 4.55. The molecule has 1 saturated carbocycles. The molecule has 0 aliphatic heterocycles. The summed E-state index contributed by atoms with van der Waals surface area (Å²) in [6.45, 7) is 3.58. The van der Waals surface area contributed by atoms with Crippen LogP contribution in [-0.2, 0) is 4.79 Å². The van der Waals surface area contributed by atoms with Crippen molar-refractivity contribution in [3.63, 3.8) is 0 Å². The Morgan fingerprint density at radius 1 is 1.75 bits per heavy atom. The quantitative estimate of drug-likeness (QED) is 0.387. The van der Waals surface area contributed by atoms with E-state index >= 15 is 0 Å². The van der Waals surface area contributed by atoms with E-state index in [-0.39, 0.29) is 0 Å². The van der Waals surface area contributed by atoms with E-state index in [1.165, 1.54) is 6.08 Å². The standard InChI is InChI=1S/C6H7NO/c1-5(7-4-8)6-2-3-6/h6H,1-3H2. The summed E-state index contributed by atoms with van der Waals surface area (Å²) in [4.78, 5) is 13.0. The van der Waals surface area contributed by atoms with Crippen molar-refractivity contribution in [2.75, 3.05) is 0 Å². The SMILES string of the molecule is C=C(N=C=O)C1CC1. The monoisotopic (exact) mass is 109 g/mol. The Morgan fingerprint density at radius 3 is 2.75 bits per heavy atom. The number of allylic oxidation sites excluding steroid dienone is 1. The van der Waals surface area contributed by atoms with Crippen LogP contribution in [0.3, 0.4) is 0 Å². The Labute approximate surface area is 47.9 Å². The van der Waals surface area contributed by atoms with Gasteiger partial charge < -0.3 is 0 Å². The third kappa shape index (κ3) is 1.04. The second-order valence-corrected chi connectivity index (χ2v) is 1.97. The lowest BCUT2D eigenvalue weighted by Gasteiger charge is -1.84. The summed E-state index contributed by atoms with van der Waals surface area (Å²) in [6, 6.07) is 0. The lowest BCUT2D eigenvalue weighted by atomic mass is 10.3. The van der Waals surface area contributed by atoms with Crippen LogP contribution in [0.25, 0.3) is 0 Å². The normalized spacial score (nSPS) is 17.0. The first-order valence-corrected chi connectivity index (χ1v) is 2.61. The minimum Gasteiger partial charge on any atom is -0.211 e. The van der Waals surface area contributed by atoms with E-state index in [9.17, 15) is 4.79 Å². The molecule has 0 aromatic rings. The van der Waals surface area contributed by atoms with E-state index in [0.29, 0.717) is 11.6 Å². The highest BCUT2D eigenvalue weighted by Gasteiger charge is 2.24. The molecule has 1 rings (SSSR count). The van der Waals surface area contributed by atoms with Crippen molar-refractivity contribution in [2.24, 2.45) is 10.9 Å². The molecule has 0 heterocycles. The molecule has 0 atom stereocenters. The van der Waals surface area contributed by atoms with E-state index in [4.69, 9.17) is 0 Å². The molecule has 42 valence electrons. The minimum atomic E-state index is 0.497. The maximum Gasteiger partial charge on any atom is 0.240 e. The lowest BCUT2D eigenvalue weighted by molar-refractivity contribution is 0.564. The number of hydrogen-bond acceptors (Lipinski definition) is 2. The molecule has 0 aromatic heterocycles. The summed E-state index contributed by atoms with van der Waals surface area (Å²) in [5, 5.41) is 0. The Morgan fingerprint density at radius 2 is 2.38 bits per heavy atom. The molecule has 0 amide bonds. The smallest absolute Gasteiger partial charge is 0.211 e. The second kappa shape index (κ2) is 1.93. The van der Waals surface area contributed by atoms with Crippen LogP contribution in [0, 0.1) is 5.92 Å². The molecule has 2 nitrogen and oxygen atoms in total. The number of rotatable bonds is 2. The zero-order valence-electron chi connectivity index (χ0n) is 4.55. The van der Waals surface area contributed by atoms with E-state index in [0.717, 1.165) is 12.8 Å². The van der Waals surface area contributed by atoms with Crippen LogP contribution in [0.4, 0.5) is 0 Å². The zero-order chi connectivity index (χ0) is 5.98. The van der Waals surface area contributed by atoms with Crippen LogP contribution in [0.5, 0.6) is 0 Å². The van der Waals surface area contributed by atoms with Gasteiger partial charge in [-0.3, -0.25) is 0 Å². The van der Waals surface area contributed by atoms with Crippen LogP contribution >= 0.6 is 0 Å². The van der Waals surface area contributed by atoms with Gasteiger partial charge in [0.25, 0.3) is 0 Å². The van der Waals surface area contributed by atoms with Crippen LogP contribution < -0.4 is 0 Å². The van der Waals surface area contributed by atoms with Gasteiger partial charge in [-0.1, -0.05) is 6.58 Å². The number of isocyanates is 1. The van der Waals surface area contributed by atoms with Crippen molar-refractivity contribution < 1.29 is 4.79 Å². The Kier molecular flexibility index (Phi) is 1.27. The number of aliphatic imine (C=N–C) groups is 1.